The number of morpholine rings is 1. The quantitative estimate of drug-likeness (QED) is 0.703. The fourth-order valence-electron chi connectivity index (χ4n) is 1.76. The van der Waals surface area contributed by atoms with Gasteiger partial charge in [0.25, 0.3) is 5.91 Å². The second-order valence-corrected chi connectivity index (χ2v) is 5.11. The molecule has 1 atom stereocenters. The minimum atomic E-state index is -0.416. The molecule has 1 unspecified atom stereocenters. The summed E-state index contributed by atoms with van der Waals surface area (Å²) in [6.45, 7) is 2.86. The van der Waals surface area contributed by atoms with Crippen molar-refractivity contribution in [3.63, 3.8) is 0 Å². The van der Waals surface area contributed by atoms with Crippen molar-refractivity contribution in [2.75, 3.05) is 38.1 Å². The van der Waals surface area contributed by atoms with Crippen LogP contribution in [-0.4, -0.2) is 49.8 Å². The Labute approximate surface area is 127 Å². The van der Waals surface area contributed by atoms with Crippen LogP contribution in [-0.2, 0) is 9.53 Å². The molecule has 0 spiro atoms. The topological polar surface area (TPSA) is 75.3 Å². The fraction of sp³-hybridized carbons (Fsp3) is 0.500. The highest BCUT2D eigenvalue weighted by Gasteiger charge is 2.20. The molecule has 2 heterocycles. The number of aromatic nitrogens is 1. The van der Waals surface area contributed by atoms with Crippen molar-refractivity contribution in [1.82, 2.24) is 15.6 Å². The van der Waals surface area contributed by atoms with Crippen LogP contribution in [0.2, 0.25) is 10.0 Å². The van der Waals surface area contributed by atoms with Crippen molar-refractivity contribution in [3.05, 3.63) is 22.3 Å². The Balaban J connectivity index is 1.69. The summed E-state index contributed by atoms with van der Waals surface area (Å²) < 4.78 is 5.34. The van der Waals surface area contributed by atoms with Crippen LogP contribution in [0.25, 0.3) is 0 Å². The number of halogens is 2. The lowest BCUT2D eigenvalue weighted by Crippen LogP contribution is -2.48. The smallest absolute Gasteiger partial charge is 0.250 e. The summed E-state index contributed by atoms with van der Waals surface area (Å²) in [7, 11) is 0. The van der Waals surface area contributed by atoms with Crippen LogP contribution in [0.1, 0.15) is 0 Å². The van der Waals surface area contributed by atoms with Gasteiger partial charge in [-0.3, -0.25) is 4.79 Å². The Bertz CT molecular complexity index is 467. The van der Waals surface area contributed by atoms with Gasteiger partial charge in [0.15, 0.2) is 0 Å². The van der Waals surface area contributed by atoms with E-state index in [-0.39, 0.29) is 5.91 Å². The van der Waals surface area contributed by atoms with Gasteiger partial charge in [-0.05, 0) is 6.07 Å². The lowest BCUT2D eigenvalue weighted by atomic mass is 10.3. The van der Waals surface area contributed by atoms with Crippen LogP contribution in [0.15, 0.2) is 12.3 Å². The molecule has 0 aromatic carbocycles. The van der Waals surface area contributed by atoms with Crippen LogP contribution >= 0.6 is 23.2 Å². The standard InChI is InChI=1S/C12H16Cl2N4O2/c13-8-5-9(14)11(18-6-8)16-1-2-17-12(19)10-7-15-3-4-20-10/h5-6,10,15H,1-4,7H2,(H,16,18)(H,17,19). The minimum absolute atomic E-state index is 0.117. The van der Waals surface area contributed by atoms with E-state index in [4.69, 9.17) is 27.9 Å². The summed E-state index contributed by atoms with van der Waals surface area (Å²) in [5.74, 6) is 0.426. The van der Waals surface area contributed by atoms with E-state index in [1.54, 1.807) is 6.07 Å². The Morgan fingerprint density at radius 1 is 1.50 bits per heavy atom. The second kappa shape index (κ2) is 7.64. The molecule has 1 aromatic rings. The number of nitrogens with zero attached hydrogens (tertiary/aromatic N) is 1. The average molecular weight is 319 g/mol. The second-order valence-electron chi connectivity index (χ2n) is 4.27. The Morgan fingerprint density at radius 3 is 3.05 bits per heavy atom. The predicted molar refractivity (Wildman–Crippen MR) is 78.4 cm³/mol. The molecule has 1 amide bonds. The molecule has 3 N–H and O–H groups in total. The van der Waals surface area contributed by atoms with Gasteiger partial charge in [-0.25, -0.2) is 4.98 Å². The number of anilines is 1. The summed E-state index contributed by atoms with van der Waals surface area (Å²) in [4.78, 5) is 15.8. The number of amides is 1. The summed E-state index contributed by atoms with van der Waals surface area (Å²) in [6.07, 6.45) is 1.09. The van der Waals surface area contributed by atoms with Crippen molar-refractivity contribution < 1.29 is 9.53 Å². The molecule has 8 heteroatoms. The predicted octanol–water partition coefficient (Wildman–Crippen LogP) is 0.905. The molecule has 110 valence electrons. The Kier molecular flexibility index (Phi) is 5.85. The van der Waals surface area contributed by atoms with Crippen LogP contribution in [0.5, 0.6) is 0 Å². The third-order valence-electron chi connectivity index (χ3n) is 2.74. The number of carbonyl (C=O) groups excluding carboxylic acids is 1. The molecule has 0 saturated carbocycles. The van der Waals surface area contributed by atoms with Gasteiger partial charge >= 0.3 is 0 Å². The van der Waals surface area contributed by atoms with Crippen molar-refractivity contribution in [3.8, 4) is 0 Å². The number of hydrogen-bond acceptors (Lipinski definition) is 5. The summed E-state index contributed by atoms with van der Waals surface area (Å²) in [5.41, 5.74) is 0. The first-order valence-electron chi connectivity index (χ1n) is 6.32. The van der Waals surface area contributed by atoms with Crippen LogP contribution in [0.3, 0.4) is 0 Å². The van der Waals surface area contributed by atoms with E-state index < -0.39 is 6.10 Å². The Morgan fingerprint density at radius 2 is 2.35 bits per heavy atom. The third kappa shape index (κ3) is 4.49. The summed E-state index contributed by atoms with van der Waals surface area (Å²) in [5, 5.41) is 9.85. The van der Waals surface area contributed by atoms with Crippen molar-refractivity contribution in [2.24, 2.45) is 0 Å². The molecule has 1 aliphatic heterocycles. The van der Waals surface area contributed by atoms with E-state index in [0.29, 0.717) is 42.1 Å². The first-order chi connectivity index (χ1) is 9.66. The normalized spacial score (nSPS) is 18.6. The molecule has 2 rings (SSSR count). The van der Waals surface area contributed by atoms with E-state index in [9.17, 15) is 4.79 Å². The fourth-order valence-corrected chi connectivity index (χ4v) is 2.21. The maximum atomic E-state index is 11.8. The molecule has 1 aliphatic rings. The molecule has 6 nitrogen and oxygen atoms in total. The van der Waals surface area contributed by atoms with Gasteiger partial charge in [0, 0.05) is 32.4 Å². The summed E-state index contributed by atoms with van der Waals surface area (Å²) >= 11 is 11.7. The number of nitrogens with one attached hydrogen (secondary N) is 3. The van der Waals surface area contributed by atoms with Crippen LogP contribution in [0, 0.1) is 0 Å². The number of hydrogen-bond donors (Lipinski definition) is 3. The molecule has 20 heavy (non-hydrogen) atoms. The van der Waals surface area contributed by atoms with Crippen LogP contribution in [0.4, 0.5) is 5.82 Å². The van der Waals surface area contributed by atoms with Gasteiger partial charge in [-0.2, -0.15) is 0 Å². The lowest BCUT2D eigenvalue weighted by molar-refractivity contribution is -0.134. The molecule has 1 aromatic heterocycles. The van der Waals surface area contributed by atoms with Crippen molar-refractivity contribution in [2.45, 2.75) is 6.10 Å². The molecule has 0 radical (unpaired) electrons. The first kappa shape index (κ1) is 15.3. The van der Waals surface area contributed by atoms with Gasteiger partial charge in [-0.15, -0.1) is 0 Å². The Hall–Kier alpha value is -1.08. The number of ether oxygens (including phenoxy) is 1. The first-order valence-corrected chi connectivity index (χ1v) is 7.07. The number of rotatable bonds is 5. The number of carbonyl (C=O) groups is 1. The van der Waals surface area contributed by atoms with E-state index >= 15 is 0 Å². The average Bonchev–Trinajstić information content (AvgIpc) is 2.46. The van der Waals surface area contributed by atoms with E-state index in [0.717, 1.165) is 6.54 Å². The van der Waals surface area contributed by atoms with E-state index in [1.807, 2.05) is 0 Å². The minimum Gasteiger partial charge on any atom is -0.367 e. The SMILES string of the molecule is O=C(NCCNc1ncc(Cl)cc1Cl)C1CNCCO1. The van der Waals surface area contributed by atoms with Crippen LogP contribution < -0.4 is 16.0 Å². The van der Waals surface area contributed by atoms with Gasteiger partial charge in [0.2, 0.25) is 0 Å². The summed E-state index contributed by atoms with van der Waals surface area (Å²) in [6, 6.07) is 1.61. The zero-order valence-corrected chi connectivity index (χ0v) is 12.3. The highest BCUT2D eigenvalue weighted by atomic mass is 35.5. The maximum absolute atomic E-state index is 11.8. The van der Waals surface area contributed by atoms with Gasteiger partial charge in [0.05, 0.1) is 16.7 Å². The number of pyridine rings is 1. The molecule has 0 bridgehead atoms. The molecule has 1 saturated heterocycles. The monoisotopic (exact) mass is 318 g/mol. The van der Waals surface area contributed by atoms with Gasteiger partial charge in [-0.1, -0.05) is 23.2 Å². The highest BCUT2D eigenvalue weighted by molar-refractivity contribution is 6.35. The zero-order valence-electron chi connectivity index (χ0n) is 10.8. The van der Waals surface area contributed by atoms with Crippen molar-refractivity contribution >= 4 is 34.9 Å². The molecular weight excluding hydrogens is 303 g/mol. The largest absolute Gasteiger partial charge is 0.367 e. The van der Waals surface area contributed by atoms with E-state index in [1.165, 1.54) is 6.20 Å². The van der Waals surface area contributed by atoms with Gasteiger partial charge in [0.1, 0.15) is 11.9 Å². The molecule has 0 aliphatic carbocycles. The lowest BCUT2D eigenvalue weighted by Gasteiger charge is -2.22. The third-order valence-corrected chi connectivity index (χ3v) is 3.24. The maximum Gasteiger partial charge on any atom is 0.250 e. The molecule has 1 fully saturated rings. The van der Waals surface area contributed by atoms with E-state index in [2.05, 4.69) is 20.9 Å². The highest BCUT2D eigenvalue weighted by Crippen LogP contribution is 2.21. The van der Waals surface area contributed by atoms with Gasteiger partial charge < -0.3 is 20.7 Å². The van der Waals surface area contributed by atoms with Crippen molar-refractivity contribution in [1.29, 1.82) is 0 Å². The zero-order chi connectivity index (χ0) is 14.4. The molecular formula is C12H16Cl2N4O2.